The van der Waals surface area contributed by atoms with Gasteiger partial charge in [0.25, 0.3) is 0 Å². The molecule has 0 spiro atoms. The largest absolute Gasteiger partial charge is 0.486 e. The second-order valence-electron chi connectivity index (χ2n) is 7.79. The van der Waals surface area contributed by atoms with E-state index in [-0.39, 0.29) is 24.3 Å². The topological polar surface area (TPSA) is 56.7 Å². The highest BCUT2D eigenvalue weighted by Gasteiger charge is 2.25. The molecule has 2 aromatic carbocycles. The van der Waals surface area contributed by atoms with Gasteiger partial charge in [0, 0.05) is 18.0 Å². The predicted molar refractivity (Wildman–Crippen MR) is 111 cm³/mol. The second kappa shape index (κ2) is 7.68. The van der Waals surface area contributed by atoms with Crippen LogP contribution in [0.15, 0.2) is 36.5 Å². The van der Waals surface area contributed by atoms with Crippen LogP contribution in [0.3, 0.4) is 0 Å². The van der Waals surface area contributed by atoms with Gasteiger partial charge in [-0.05, 0) is 43.7 Å². The lowest BCUT2D eigenvalue weighted by Gasteiger charge is -2.34. The van der Waals surface area contributed by atoms with Gasteiger partial charge in [-0.3, -0.25) is 0 Å². The standard InChI is InChI=1S/C23H21F2N3O3/c1-13(2)28-5-6-29-23-16(24)9-15(10-18(23)28)22-17(25)11-26-21(27-22)8-14-3-4-19-20(7-14)31-12-30-19/h3-4,7,9-11,13H,5-6,8,12H2,1-2H3. The molecule has 0 radical (unpaired) electrons. The summed E-state index contributed by atoms with van der Waals surface area (Å²) in [5.41, 5.74) is 1.91. The van der Waals surface area contributed by atoms with Crippen LogP contribution >= 0.6 is 0 Å². The van der Waals surface area contributed by atoms with E-state index in [0.717, 1.165) is 11.8 Å². The Morgan fingerprint density at radius 1 is 1.03 bits per heavy atom. The van der Waals surface area contributed by atoms with E-state index in [2.05, 4.69) is 9.97 Å². The number of hydrogen-bond acceptors (Lipinski definition) is 6. The van der Waals surface area contributed by atoms with Crippen LogP contribution in [-0.4, -0.2) is 36.0 Å². The lowest BCUT2D eigenvalue weighted by molar-refractivity contribution is 0.174. The number of anilines is 1. The van der Waals surface area contributed by atoms with E-state index in [9.17, 15) is 8.78 Å². The fourth-order valence-electron chi connectivity index (χ4n) is 3.90. The van der Waals surface area contributed by atoms with Crippen molar-refractivity contribution in [1.82, 2.24) is 9.97 Å². The third kappa shape index (κ3) is 3.62. The minimum absolute atomic E-state index is 0.0572. The van der Waals surface area contributed by atoms with Gasteiger partial charge in [-0.1, -0.05) is 6.07 Å². The summed E-state index contributed by atoms with van der Waals surface area (Å²) in [6.07, 6.45) is 1.50. The summed E-state index contributed by atoms with van der Waals surface area (Å²) >= 11 is 0. The minimum atomic E-state index is -0.610. The Bertz CT molecular complexity index is 1150. The van der Waals surface area contributed by atoms with Crippen LogP contribution in [0.4, 0.5) is 14.5 Å². The molecule has 160 valence electrons. The molecule has 0 saturated carbocycles. The van der Waals surface area contributed by atoms with Gasteiger partial charge in [-0.25, -0.2) is 18.7 Å². The van der Waals surface area contributed by atoms with Crippen molar-refractivity contribution < 1.29 is 23.0 Å². The van der Waals surface area contributed by atoms with E-state index in [4.69, 9.17) is 14.2 Å². The predicted octanol–water partition coefficient (Wildman–Crippen LogP) is 4.35. The summed E-state index contributed by atoms with van der Waals surface area (Å²) in [5, 5.41) is 0. The molecule has 31 heavy (non-hydrogen) atoms. The van der Waals surface area contributed by atoms with Crippen LogP contribution in [0.5, 0.6) is 17.2 Å². The van der Waals surface area contributed by atoms with E-state index >= 15 is 0 Å². The first-order valence-corrected chi connectivity index (χ1v) is 10.1. The van der Waals surface area contributed by atoms with E-state index in [1.165, 1.54) is 6.07 Å². The first-order valence-electron chi connectivity index (χ1n) is 10.1. The van der Waals surface area contributed by atoms with Gasteiger partial charge in [-0.15, -0.1) is 0 Å². The van der Waals surface area contributed by atoms with Crippen molar-refractivity contribution in [2.75, 3.05) is 24.8 Å². The fraction of sp³-hybridized carbons (Fsp3) is 0.304. The van der Waals surface area contributed by atoms with Crippen molar-refractivity contribution in [3.8, 4) is 28.5 Å². The number of fused-ring (bicyclic) bond motifs is 2. The Morgan fingerprint density at radius 2 is 1.87 bits per heavy atom. The average molecular weight is 425 g/mol. The molecule has 1 aromatic heterocycles. The Labute approximate surface area is 178 Å². The minimum Gasteiger partial charge on any atom is -0.486 e. The molecule has 0 saturated heterocycles. The van der Waals surface area contributed by atoms with Gasteiger partial charge < -0.3 is 19.1 Å². The lowest BCUT2D eigenvalue weighted by atomic mass is 10.1. The highest BCUT2D eigenvalue weighted by atomic mass is 19.1. The van der Waals surface area contributed by atoms with Gasteiger partial charge >= 0.3 is 0 Å². The van der Waals surface area contributed by atoms with Crippen molar-refractivity contribution in [3.05, 3.63) is 59.6 Å². The molecule has 5 rings (SSSR count). The molecular formula is C23H21F2N3O3. The number of benzene rings is 2. The Kier molecular flexibility index (Phi) is 4.84. The van der Waals surface area contributed by atoms with Crippen LogP contribution in [0.1, 0.15) is 25.2 Å². The van der Waals surface area contributed by atoms with E-state index in [1.54, 1.807) is 6.07 Å². The summed E-state index contributed by atoms with van der Waals surface area (Å²) in [4.78, 5) is 10.6. The van der Waals surface area contributed by atoms with Crippen LogP contribution < -0.4 is 19.1 Å². The molecule has 3 heterocycles. The number of halogens is 2. The van der Waals surface area contributed by atoms with E-state index in [0.29, 0.717) is 48.1 Å². The maximum atomic E-state index is 14.8. The number of nitrogens with zero attached hydrogens (tertiary/aromatic N) is 3. The summed E-state index contributed by atoms with van der Waals surface area (Å²) < 4.78 is 45.7. The van der Waals surface area contributed by atoms with Gasteiger partial charge in [0.05, 0.1) is 18.4 Å². The monoisotopic (exact) mass is 425 g/mol. The van der Waals surface area contributed by atoms with Gasteiger partial charge in [-0.2, -0.15) is 0 Å². The molecule has 8 heteroatoms. The molecule has 0 unspecified atom stereocenters. The van der Waals surface area contributed by atoms with E-state index in [1.807, 2.05) is 36.9 Å². The summed E-state index contributed by atoms with van der Waals surface area (Å²) in [6, 6.07) is 8.70. The summed E-state index contributed by atoms with van der Waals surface area (Å²) in [5.74, 6) is 0.815. The number of hydrogen-bond donors (Lipinski definition) is 0. The van der Waals surface area contributed by atoms with Crippen molar-refractivity contribution in [1.29, 1.82) is 0 Å². The first-order chi connectivity index (χ1) is 15.0. The second-order valence-corrected chi connectivity index (χ2v) is 7.79. The maximum absolute atomic E-state index is 14.8. The molecule has 0 amide bonds. The smallest absolute Gasteiger partial charge is 0.231 e. The zero-order valence-corrected chi connectivity index (χ0v) is 17.2. The zero-order valence-electron chi connectivity index (χ0n) is 17.2. The van der Waals surface area contributed by atoms with Crippen LogP contribution in [0.2, 0.25) is 0 Å². The number of ether oxygens (including phenoxy) is 3. The molecule has 0 N–H and O–H groups in total. The average Bonchev–Trinajstić information content (AvgIpc) is 3.22. The first kappa shape index (κ1) is 19.5. The fourth-order valence-corrected chi connectivity index (χ4v) is 3.90. The third-order valence-electron chi connectivity index (χ3n) is 5.40. The molecule has 3 aromatic rings. The van der Waals surface area contributed by atoms with Crippen molar-refractivity contribution in [3.63, 3.8) is 0 Å². The normalized spacial score (nSPS) is 14.5. The number of rotatable bonds is 4. The molecule has 0 atom stereocenters. The van der Waals surface area contributed by atoms with Gasteiger partial charge in [0.2, 0.25) is 6.79 Å². The quantitative estimate of drug-likeness (QED) is 0.620. The maximum Gasteiger partial charge on any atom is 0.231 e. The van der Waals surface area contributed by atoms with Gasteiger partial charge in [0.15, 0.2) is 28.9 Å². The van der Waals surface area contributed by atoms with Crippen molar-refractivity contribution >= 4 is 5.69 Å². The van der Waals surface area contributed by atoms with E-state index < -0.39 is 11.6 Å². The Balaban J connectivity index is 1.51. The Morgan fingerprint density at radius 3 is 2.71 bits per heavy atom. The van der Waals surface area contributed by atoms with Crippen LogP contribution in [0, 0.1) is 11.6 Å². The zero-order chi connectivity index (χ0) is 21.5. The molecule has 0 fully saturated rings. The summed E-state index contributed by atoms with van der Waals surface area (Å²) in [6.45, 7) is 5.28. The van der Waals surface area contributed by atoms with Crippen LogP contribution in [-0.2, 0) is 6.42 Å². The molecule has 6 nitrogen and oxygen atoms in total. The van der Waals surface area contributed by atoms with Gasteiger partial charge in [0.1, 0.15) is 18.1 Å². The highest BCUT2D eigenvalue weighted by Crippen LogP contribution is 2.39. The lowest BCUT2D eigenvalue weighted by Crippen LogP contribution is -2.38. The van der Waals surface area contributed by atoms with Crippen molar-refractivity contribution in [2.24, 2.45) is 0 Å². The molecule has 2 aliphatic rings. The Hall–Kier alpha value is -3.42. The molecule has 0 bridgehead atoms. The summed E-state index contributed by atoms with van der Waals surface area (Å²) in [7, 11) is 0. The van der Waals surface area contributed by atoms with Crippen LogP contribution in [0.25, 0.3) is 11.3 Å². The SMILES string of the molecule is CC(C)N1CCOc2c(F)cc(-c3nc(Cc4ccc5c(c4)OCO5)ncc3F)cc21. The molecule has 0 aliphatic carbocycles. The highest BCUT2D eigenvalue weighted by molar-refractivity contribution is 5.72. The third-order valence-corrected chi connectivity index (χ3v) is 5.40. The number of aromatic nitrogens is 2. The molecule has 2 aliphatic heterocycles. The molecular weight excluding hydrogens is 404 g/mol. The van der Waals surface area contributed by atoms with Crippen molar-refractivity contribution in [2.45, 2.75) is 26.3 Å².